The van der Waals surface area contributed by atoms with Crippen LogP contribution in [-0.2, 0) is 14.3 Å². The van der Waals surface area contributed by atoms with E-state index in [1.165, 1.54) is 13.8 Å². The van der Waals surface area contributed by atoms with E-state index in [0.717, 1.165) is 12.3 Å². The number of hydrogen-bond acceptors (Lipinski definition) is 22. The molecular weight excluding hydrogens is 720 g/mol. The second kappa shape index (κ2) is 36.8. The van der Waals surface area contributed by atoms with Gasteiger partial charge in [0.05, 0.1) is 71.3 Å². The van der Waals surface area contributed by atoms with E-state index in [1.807, 2.05) is 0 Å². The van der Waals surface area contributed by atoms with Gasteiger partial charge in [0.2, 0.25) is 0 Å². The van der Waals surface area contributed by atoms with Gasteiger partial charge in [0.15, 0.2) is 0 Å². The number of carboxylic acid groups (broad SMARTS) is 2. The van der Waals surface area contributed by atoms with Crippen molar-refractivity contribution in [2.24, 2.45) is 0 Å². The van der Waals surface area contributed by atoms with Crippen molar-refractivity contribution >= 4 is 11.9 Å². The number of carbonyl (C=O) groups is 2. The Balaban J connectivity index is -0.000000193. The average Bonchev–Trinajstić information content (AvgIpc) is 3.16. The molecule has 0 aromatic carbocycles. The lowest BCUT2D eigenvalue weighted by atomic mass is 10.1. The lowest BCUT2D eigenvalue weighted by Gasteiger charge is -2.23. The summed E-state index contributed by atoms with van der Waals surface area (Å²) in [6.07, 6.45) is -12.4. The molecule has 0 heterocycles. The highest BCUT2D eigenvalue weighted by atomic mass is 16.5. The third-order valence-electron chi connectivity index (χ3n) is 5.68. The summed E-state index contributed by atoms with van der Waals surface area (Å²) in [6, 6.07) is 0. The lowest BCUT2D eigenvalue weighted by Crippen LogP contribution is -2.39. The fraction of sp³-hybridized carbons (Fsp3) is 0.786. The Hall–Kier alpha value is -2.54. The number of rotatable bonds is 20. The Morgan fingerprint density at radius 3 is 0.808 bits per heavy atom. The van der Waals surface area contributed by atoms with Crippen molar-refractivity contribution in [1.29, 1.82) is 0 Å². The van der Waals surface area contributed by atoms with Crippen LogP contribution < -0.4 is 0 Å². The van der Waals surface area contributed by atoms with Crippen LogP contribution in [-0.4, -0.2) is 246 Å². The molecule has 0 saturated carbocycles. The van der Waals surface area contributed by atoms with Gasteiger partial charge in [-0.3, -0.25) is 0 Å². The van der Waals surface area contributed by atoms with E-state index in [9.17, 15) is 19.8 Å². The van der Waals surface area contributed by atoms with Gasteiger partial charge in [-0.05, 0) is 19.9 Å². The van der Waals surface area contributed by atoms with E-state index in [0.29, 0.717) is 0 Å². The van der Waals surface area contributed by atoms with Crippen LogP contribution in [0.1, 0.15) is 13.8 Å². The lowest BCUT2D eigenvalue weighted by molar-refractivity contribution is -0.134. The Morgan fingerprint density at radius 1 is 0.423 bits per heavy atom. The van der Waals surface area contributed by atoms with Gasteiger partial charge in [-0.25, -0.2) is 9.59 Å². The van der Waals surface area contributed by atoms with E-state index in [2.05, 4.69) is 0 Å². The van der Waals surface area contributed by atoms with E-state index in [1.54, 1.807) is 0 Å². The quantitative estimate of drug-likeness (QED) is 0.0403. The second-order valence-electron chi connectivity index (χ2n) is 10.1. The van der Waals surface area contributed by atoms with Gasteiger partial charge in [-0.2, -0.15) is 0 Å². The van der Waals surface area contributed by atoms with Crippen molar-refractivity contribution < 1.29 is 122 Å². The molecule has 0 fully saturated rings. The third-order valence-corrected chi connectivity index (χ3v) is 5.68. The molecule has 0 spiro atoms. The summed E-state index contributed by atoms with van der Waals surface area (Å²) in [4.78, 5) is 21.3. The van der Waals surface area contributed by atoms with Gasteiger partial charge in [0, 0.05) is 5.57 Å². The number of aliphatic hydroxyl groups is 19. The van der Waals surface area contributed by atoms with Crippen molar-refractivity contribution in [3.63, 3.8) is 0 Å². The van der Waals surface area contributed by atoms with Crippen LogP contribution in [0.25, 0.3) is 0 Å². The molecular formula is C28H58O24. The van der Waals surface area contributed by atoms with Crippen LogP contribution in [0.15, 0.2) is 23.5 Å². The predicted molar refractivity (Wildman–Crippen MR) is 171 cm³/mol. The Labute approximate surface area is 297 Å². The van der Waals surface area contributed by atoms with E-state index < -0.39 is 139 Å². The van der Waals surface area contributed by atoms with Gasteiger partial charge < -0.3 is 112 Å². The summed E-state index contributed by atoms with van der Waals surface area (Å²) in [5.74, 6) is -2.51. The number of aliphatic carboxylic acids is 2. The van der Waals surface area contributed by atoms with E-state index in [-0.39, 0.29) is 11.1 Å². The largest absolute Gasteiger partial charge is 0.491 e. The SMILES string of the molecule is CC(=COC(C=C(C)C(=O)O)[C@H](O)[C@H](O)CO)C(=O)O.OC[C@@H](O)[C@@H](O)CO.OC[C@@H](O)[C@@H](O)CO.OC[C@@H](O)[C@@H](O)CO.OC[C@@H](O)[C@@H](O)CO. The molecule has 24 nitrogen and oxygen atoms in total. The molecule has 1 unspecified atom stereocenters. The molecule has 0 aliphatic carbocycles. The summed E-state index contributed by atoms with van der Waals surface area (Å²) in [5, 5.41) is 178. The van der Waals surface area contributed by atoms with Crippen LogP contribution in [0.4, 0.5) is 0 Å². The second-order valence-corrected chi connectivity index (χ2v) is 10.1. The van der Waals surface area contributed by atoms with Gasteiger partial charge in [-0.1, -0.05) is 0 Å². The molecule has 0 bridgehead atoms. The summed E-state index contributed by atoms with van der Waals surface area (Å²) in [6.45, 7) is -2.49. The first kappa shape index (κ1) is 58.8. The Bertz CT molecular complexity index is 809. The van der Waals surface area contributed by atoms with Crippen LogP contribution in [0.2, 0.25) is 0 Å². The molecule has 21 N–H and O–H groups in total. The van der Waals surface area contributed by atoms with Gasteiger partial charge in [-0.15, -0.1) is 0 Å². The first-order chi connectivity index (χ1) is 24.1. The predicted octanol–water partition coefficient (Wildman–Crippen LogP) is -10.1. The van der Waals surface area contributed by atoms with Crippen molar-refractivity contribution in [3.8, 4) is 0 Å². The number of ether oxygens (including phenoxy) is 1. The van der Waals surface area contributed by atoms with Gasteiger partial charge in [0.1, 0.15) is 67.1 Å². The van der Waals surface area contributed by atoms with Crippen LogP contribution in [0.5, 0.6) is 0 Å². The molecule has 0 aromatic heterocycles. The highest BCUT2D eigenvalue weighted by molar-refractivity contribution is 5.86. The van der Waals surface area contributed by atoms with Crippen LogP contribution in [0.3, 0.4) is 0 Å². The Kier molecular flexibility index (Phi) is 41.6. The molecule has 314 valence electrons. The molecule has 0 aliphatic rings. The standard InChI is InChI=1S/C12H18O8.4C4H10O4/c1-6(11(16)17)3-9(10(15)8(14)4-13)20-5-7(2)12(18)19;4*5-1-3(7)4(8)2-6/h3,5,8-10,13-15H,4H2,1-2H3,(H,16,17)(H,18,19);4*3-8H,1-2H2/t8-,9?,10-;4*3-,4+/m1..../s1. The molecule has 0 rings (SSSR count). The van der Waals surface area contributed by atoms with Crippen molar-refractivity contribution in [2.75, 3.05) is 59.5 Å². The smallest absolute Gasteiger partial charge is 0.334 e. The maximum absolute atomic E-state index is 10.7. The summed E-state index contributed by atoms with van der Waals surface area (Å²) >= 11 is 0. The number of aliphatic hydroxyl groups excluding tert-OH is 19. The zero-order valence-electron chi connectivity index (χ0n) is 28.5. The minimum absolute atomic E-state index is 0.166. The summed E-state index contributed by atoms with van der Waals surface area (Å²) < 4.78 is 4.97. The van der Waals surface area contributed by atoms with Crippen molar-refractivity contribution in [2.45, 2.75) is 81.0 Å². The van der Waals surface area contributed by atoms with Crippen LogP contribution in [0, 0.1) is 0 Å². The molecule has 24 heteroatoms. The monoisotopic (exact) mass is 778 g/mol. The number of hydrogen-bond donors (Lipinski definition) is 21. The number of carboxylic acids is 2. The van der Waals surface area contributed by atoms with Crippen molar-refractivity contribution in [1.82, 2.24) is 0 Å². The first-order valence-electron chi connectivity index (χ1n) is 14.8. The fourth-order valence-electron chi connectivity index (χ4n) is 2.07. The highest BCUT2D eigenvalue weighted by Crippen LogP contribution is 2.11. The van der Waals surface area contributed by atoms with E-state index >= 15 is 0 Å². The third kappa shape index (κ3) is 32.1. The zero-order chi connectivity index (χ0) is 42.1. The minimum atomic E-state index is -1.62. The average molecular weight is 779 g/mol. The van der Waals surface area contributed by atoms with Crippen LogP contribution >= 0.6 is 0 Å². The molecule has 52 heavy (non-hydrogen) atoms. The molecule has 0 radical (unpaired) electrons. The maximum Gasteiger partial charge on any atom is 0.334 e. The molecule has 0 aromatic rings. The molecule has 11 atom stereocenters. The summed E-state index contributed by atoms with van der Waals surface area (Å²) in [5.41, 5.74) is -0.345. The minimum Gasteiger partial charge on any atom is -0.491 e. The van der Waals surface area contributed by atoms with Gasteiger partial charge >= 0.3 is 11.9 Å². The maximum atomic E-state index is 10.7. The molecule has 0 amide bonds. The van der Waals surface area contributed by atoms with Crippen molar-refractivity contribution in [3.05, 3.63) is 23.5 Å². The van der Waals surface area contributed by atoms with E-state index in [4.69, 9.17) is 102 Å². The highest BCUT2D eigenvalue weighted by Gasteiger charge is 2.26. The summed E-state index contributed by atoms with van der Waals surface area (Å²) in [7, 11) is 0. The zero-order valence-corrected chi connectivity index (χ0v) is 28.5. The molecule has 0 saturated heterocycles. The topological polar surface area (TPSA) is 468 Å². The Morgan fingerprint density at radius 2 is 0.635 bits per heavy atom. The normalized spacial score (nSPS) is 17.7. The first-order valence-corrected chi connectivity index (χ1v) is 14.8. The fourth-order valence-corrected chi connectivity index (χ4v) is 2.07. The molecule has 0 aliphatic heterocycles. The van der Waals surface area contributed by atoms with Gasteiger partial charge in [0.25, 0.3) is 0 Å².